The predicted octanol–water partition coefficient (Wildman–Crippen LogP) is 2.05. The highest BCUT2D eigenvalue weighted by Gasteiger charge is 2.58. The Bertz CT molecular complexity index is 441. The summed E-state index contributed by atoms with van der Waals surface area (Å²) in [6.07, 6.45) is 3.25. The number of carbonyl (C=O) groups excluding carboxylic acids is 1. The molecule has 23 heavy (non-hydrogen) atoms. The Balaban J connectivity index is 1.60. The highest BCUT2D eigenvalue weighted by molar-refractivity contribution is 5.68. The van der Waals surface area contributed by atoms with Crippen molar-refractivity contribution in [2.45, 2.75) is 63.9 Å². The van der Waals surface area contributed by atoms with Crippen LogP contribution in [0, 0.1) is 17.8 Å². The molecule has 0 aromatic heterocycles. The molecule has 2 N–H and O–H groups in total. The van der Waals surface area contributed by atoms with E-state index in [2.05, 4.69) is 5.32 Å². The highest BCUT2D eigenvalue weighted by atomic mass is 16.7. The molecule has 4 atom stereocenters. The lowest BCUT2D eigenvalue weighted by atomic mass is 9.76. The first-order valence-electron chi connectivity index (χ1n) is 8.71. The maximum atomic E-state index is 12.0. The average Bonchev–Trinajstić information content (AvgIpc) is 3.00. The molecule has 3 fully saturated rings. The number of amides is 1. The zero-order valence-corrected chi connectivity index (χ0v) is 14.3. The summed E-state index contributed by atoms with van der Waals surface area (Å²) in [5.41, 5.74) is -0.480. The van der Waals surface area contributed by atoms with Gasteiger partial charge in [0.1, 0.15) is 5.60 Å². The number of aliphatic hydroxyl groups excluding tert-OH is 1. The van der Waals surface area contributed by atoms with Gasteiger partial charge in [0, 0.05) is 18.4 Å². The minimum Gasteiger partial charge on any atom is -0.444 e. The number of nitrogens with one attached hydrogen (secondary N) is 1. The summed E-state index contributed by atoms with van der Waals surface area (Å²) in [6.45, 7) is 6.91. The van der Waals surface area contributed by atoms with Crippen LogP contribution in [-0.4, -0.2) is 48.5 Å². The molecule has 1 amide bonds. The fourth-order valence-corrected chi connectivity index (χ4v) is 4.58. The van der Waals surface area contributed by atoms with E-state index in [0.29, 0.717) is 25.0 Å². The number of ether oxygens (including phenoxy) is 3. The van der Waals surface area contributed by atoms with Crippen molar-refractivity contribution in [1.82, 2.24) is 5.32 Å². The molecule has 3 rings (SSSR count). The van der Waals surface area contributed by atoms with Gasteiger partial charge < -0.3 is 24.6 Å². The molecule has 0 bridgehead atoms. The third kappa shape index (κ3) is 3.49. The summed E-state index contributed by atoms with van der Waals surface area (Å²) < 4.78 is 17.1. The summed E-state index contributed by atoms with van der Waals surface area (Å²) in [4.78, 5) is 12.0. The first-order valence-corrected chi connectivity index (χ1v) is 8.71. The number of fused-ring (bicyclic) bond motifs is 1. The number of hydrogen-bond acceptors (Lipinski definition) is 5. The third-order valence-corrected chi connectivity index (χ3v) is 5.36. The van der Waals surface area contributed by atoms with Gasteiger partial charge in [0.15, 0.2) is 5.79 Å². The standard InChI is InChI=1S/C17H29NO5/c1-16(2,3)23-15(20)18-12-4-5-13-11(8-12)9-17(14(13)10-19)21-6-7-22-17/h11-14,19H,4-10H2,1-3H3,(H,18,20)/t11-,12?,13+,14-/m0/s1. The Morgan fingerprint density at radius 1 is 1.30 bits per heavy atom. The van der Waals surface area contributed by atoms with Crippen LogP contribution < -0.4 is 5.32 Å². The molecule has 3 aliphatic rings. The molecule has 1 heterocycles. The molecule has 6 heteroatoms. The topological polar surface area (TPSA) is 77.0 Å². The van der Waals surface area contributed by atoms with Crippen LogP contribution in [0.2, 0.25) is 0 Å². The zero-order chi connectivity index (χ0) is 16.7. The van der Waals surface area contributed by atoms with Crippen molar-refractivity contribution >= 4 is 6.09 Å². The maximum Gasteiger partial charge on any atom is 0.407 e. The van der Waals surface area contributed by atoms with Crippen molar-refractivity contribution in [3.63, 3.8) is 0 Å². The van der Waals surface area contributed by atoms with Crippen molar-refractivity contribution < 1.29 is 24.1 Å². The van der Waals surface area contributed by atoms with E-state index >= 15 is 0 Å². The maximum absolute atomic E-state index is 12.0. The van der Waals surface area contributed by atoms with E-state index < -0.39 is 11.4 Å². The van der Waals surface area contributed by atoms with Gasteiger partial charge in [0.25, 0.3) is 0 Å². The Kier molecular flexibility index (Phi) is 4.60. The monoisotopic (exact) mass is 327 g/mol. The van der Waals surface area contributed by atoms with E-state index in [1.165, 1.54) is 0 Å². The minimum atomic E-state index is -0.592. The third-order valence-electron chi connectivity index (χ3n) is 5.36. The van der Waals surface area contributed by atoms with Crippen LogP contribution in [0.4, 0.5) is 4.79 Å². The van der Waals surface area contributed by atoms with Gasteiger partial charge in [0.2, 0.25) is 0 Å². The zero-order valence-electron chi connectivity index (χ0n) is 14.3. The van der Waals surface area contributed by atoms with Crippen molar-refractivity contribution in [3.8, 4) is 0 Å². The molecular formula is C17H29NO5. The fraction of sp³-hybridized carbons (Fsp3) is 0.941. The van der Waals surface area contributed by atoms with Crippen molar-refractivity contribution in [2.75, 3.05) is 19.8 Å². The number of alkyl carbamates (subject to hydrolysis) is 1. The quantitative estimate of drug-likeness (QED) is 0.812. The lowest BCUT2D eigenvalue weighted by molar-refractivity contribution is -0.194. The lowest BCUT2D eigenvalue weighted by Gasteiger charge is -2.35. The Morgan fingerprint density at radius 3 is 2.61 bits per heavy atom. The van der Waals surface area contributed by atoms with Crippen molar-refractivity contribution in [2.24, 2.45) is 17.8 Å². The molecule has 1 unspecified atom stereocenters. The van der Waals surface area contributed by atoms with Gasteiger partial charge >= 0.3 is 6.09 Å². The summed E-state index contributed by atoms with van der Waals surface area (Å²) in [6, 6.07) is 0.127. The molecule has 2 saturated carbocycles. The minimum absolute atomic E-state index is 0.0532. The second kappa shape index (κ2) is 6.22. The Labute approximate surface area is 137 Å². The van der Waals surface area contributed by atoms with Crippen LogP contribution in [0.15, 0.2) is 0 Å². The van der Waals surface area contributed by atoms with Crippen LogP contribution in [-0.2, 0) is 14.2 Å². The summed E-state index contributed by atoms with van der Waals surface area (Å²) in [5, 5.41) is 12.8. The van der Waals surface area contributed by atoms with Crippen LogP contribution in [0.1, 0.15) is 46.5 Å². The summed E-state index contributed by atoms with van der Waals surface area (Å²) in [7, 11) is 0. The van der Waals surface area contributed by atoms with Crippen molar-refractivity contribution in [3.05, 3.63) is 0 Å². The highest BCUT2D eigenvalue weighted by Crippen LogP contribution is 2.54. The van der Waals surface area contributed by atoms with E-state index in [9.17, 15) is 9.90 Å². The predicted molar refractivity (Wildman–Crippen MR) is 83.8 cm³/mol. The SMILES string of the molecule is CC(C)(C)OC(=O)NC1CC[C@@H]2[C@@H](C1)CC1(OCCO1)[C@H]2CO. The van der Waals surface area contributed by atoms with Gasteiger partial charge in [-0.3, -0.25) is 0 Å². The fourth-order valence-electron chi connectivity index (χ4n) is 4.58. The first kappa shape index (κ1) is 17.0. The van der Waals surface area contributed by atoms with Gasteiger partial charge in [-0.1, -0.05) is 0 Å². The van der Waals surface area contributed by atoms with Gasteiger partial charge in [0.05, 0.1) is 19.8 Å². The van der Waals surface area contributed by atoms with Crippen LogP contribution >= 0.6 is 0 Å². The number of carbonyl (C=O) groups is 1. The van der Waals surface area contributed by atoms with Crippen molar-refractivity contribution in [1.29, 1.82) is 0 Å². The molecule has 6 nitrogen and oxygen atoms in total. The molecule has 0 aromatic carbocycles. The summed E-state index contributed by atoms with van der Waals surface area (Å²) >= 11 is 0. The lowest BCUT2D eigenvalue weighted by Crippen LogP contribution is -2.43. The van der Waals surface area contributed by atoms with Gasteiger partial charge in [-0.2, -0.15) is 0 Å². The van der Waals surface area contributed by atoms with Gasteiger partial charge in [-0.25, -0.2) is 4.79 Å². The molecule has 2 aliphatic carbocycles. The molecule has 0 radical (unpaired) electrons. The van der Waals surface area contributed by atoms with Gasteiger partial charge in [-0.05, 0) is 51.9 Å². The second-order valence-corrected chi connectivity index (χ2v) is 8.08. The largest absolute Gasteiger partial charge is 0.444 e. The molecule has 1 saturated heterocycles. The molecule has 1 aliphatic heterocycles. The molecular weight excluding hydrogens is 298 g/mol. The molecule has 1 spiro atoms. The van der Waals surface area contributed by atoms with E-state index in [1.54, 1.807) is 0 Å². The smallest absolute Gasteiger partial charge is 0.407 e. The average molecular weight is 327 g/mol. The van der Waals surface area contributed by atoms with E-state index in [0.717, 1.165) is 25.7 Å². The second-order valence-electron chi connectivity index (χ2n) is 8.08. The summed E-state index contributed by atoms with van der Waals surface area (Å²) in [5.74, 6) is 0.288. The number of rotatable bonds is 2. The van der Waals surface area contributed by atoms with E-state index in [1.807, 2.05) is 20.8 Å². The van der Waals surface area contributed by atoms with E-state index in [-0.39, 0.29) is 24.7 Å². The van der Waals surface area contributed by atoms with E-state index in [4.69, 9.17) is 14.2 Å². The molecule has 132 valence electrons. The van der Waals surface area contributed by atoms with Gasteiger partial charge in [-0.15, -0.1) is 0 Å². The Morgan fingerprint density at radius 2 is 2.00 bits per heavy atom. The Hall–Kier alpha value is -0.850. The first-order chi connectivity index (χ1) is 10.8. The van der Waals surface area contributed by atoms with Crippen LogP contribution in [0.3, 0.4) is 0 Å². The van der Waals surface area contributed by atoms with Crippen LogP contribution in [0.25, 0.3) is 0 Å². The number of hydrogen-bond donors (Lipinski definition) is 2. The number of aliphatic hydroxyl groups is 1. The van der Waals surface area contributed by atoms with Crippen LogP contribution in [0.5, 0.6) is 0 Å². The normalized spacial score (nSPS) is 36.0. The molecule has 0 aromatic rings.